The largest absolute Gasteiger partial charge is 0.373 e. The Morgan fingerprint density at radius 2 is 1.75 bits per heavy atom. The van der Waals surface area contributed by atoms with Crippen LogP contribution in [0.5, 0.6) is 0 Å². The monoisotopic (exact) mass is 282 g/mol. The molecule has 0 aromatic carbocycles. The second-order valence-electron chi connectivity index (χ2n) is 6.59. The van der Waals surface area contributed by atoms with Gasteiger partial charge in [-0.1, -0.05) is 65.2 Å². The van der Waals surface area contributed by atoms with Crippen LogP contribution in [0.15, 0.2) is 0 Å². The molecule has 2 heteroatoms. The summed E-state index contributed by atoms with van der Waals surface area (Å²) in [5.74, 6) is 1.76. The van der Waals surface area contributed by atoms with Crippen molar-refractivity contribution in [2.75, 3.05) is 13.2 Å². The topological polar surface area (TPSA) is 26.3 Å². The molecule has 2 nitrogen and oxygen atoms in total. The maximum Gasteiger partial charge on any atom is 0.158 e. The van der Waals surface area contributed by atoms with Gasteiger partial charge in [-0.3, -0.25) is 4.79 Å². The molecule has 0 aromatic rings. The Hall–Kier alpha value is -0.370. The fraction of sp³-hybridized carbons (Fsp3) is 0.944. The Morgan fingerprint density at radius 1 is 1.05 bits per heavy atom. The van der Waals surface area contributed by atoms with Gasteiger partial charge in [0.1, 0.15) is 6.61 Å². The molecule has 0 saturated heterocycles. The van der Waals surface area contributed by atoms with Crippen molar-refractivity contribution in [1.29, 1.82) is 0 Å². The van der Waals surface area contributed by atoms with Crippen LogP contribution in [0.3, 0.4) is 0 Å². The predicted octanol–water partition coefficient (Wildman–Crippen LogP) is 5.15. The van der Waals surface area contributed by atoms with Gasteiger partial charge in [-0.2, -0.15) is 0 Å². The molecule has 0 radical (unpaired) electrons. The van der Waals surface area contributed by atoms with Crippen LogP contribution in [-0.4, -0.2) is 19.0 Å². The Labute approximate surface area is 125 Å². The Bertz CT molecular complexity index is 250. The lowest BCUT2D eigenvalue weighted by Gasteiger charge is -2.28. The minimum absolute atomic E-state index is 0.295. The van der Waals surface area contributed by atoms with Gasteiger partial charge in [0.15, 0.2) is 5.78 Å². The maximum absolute atomic E-state index is 11.7. The number of rotatable bonds is 11. The number of Topliss-reactive ketones (excluding diaryl/α,β-unsaturated/α-hetero) is 1. The minimum Gasteiger partial charge on any atom is -0.373 e. The highest BCUT2D eigenvalue weighted by Crippen LogP contribution is 2.29. The van der Waals surface area contributed by atoms with Crippen LogP contribution in [0.4, 0.5) is 0 Å². The van der Waals surface area contributed by atoms with Gasteiger partial charge < -0.3 is 4.74 Å². The smallest absolute Gasteiger partial charge is 0.158 e. The molecule has 1 aliphatic rings. The molecule has 20 heavy (non-hydrogen) atoms. The number of unbranched alkanes of at least 4 members (excludes halogenated alkanes) is 5. The van der Waals surface area contributed by atoms with Gasteiger partial charge in [0.25, 0.3) is 0 Å². The van der Waals surface area contributed by atoms with E-state index >= 15 is 0 Å². The normalized spacial score (nSPS) is 22.9. The average molecular weight is 282 g/mol. The standard InChI is InChI=1S/C18H34O2/c1-3-4-5-6-7-8-13-18(19)15-20-14-17-12-10-9-11-16(17)2/h16-17H,3-15H2,1-2H3. The van der Waals surface area contributed by atoms with E-state index in [9.17, 15) is 4.79 Å². The van der Waals surface area contributed by atoms with Crippen LogP contribution in [-0.2, 0) is 9.53 Å². The molecule has 1 aliphatic carbocycles. The SMILES string of the molecule is CCCCCCCCC(=O)COCC1CCCCC1C. The second kappa shape index (κ2) is 11.3. The Balaban J connectivity index is 1.94. The van der Waals surface area contributed by atoms with Crippen molar-refractivity contribution in [3.63, 3.8) is 0 Å². The van der Waals surface area contributed by atoms with E-state index in [1.54, 1.807) is 0 Å². The van der Waals surface area contributed by atoms with E-state index in [1.165, 1.54) is 57.8 Å². The lowest BCUT2D eigenvalue weighted by Crippen LogP contribution is -2.23. The van der Waals surface area contributed by atoms with Crippen molar-refractivity contribution < 1.29 is 9.53 Å². The van der Waals surface area contributed by atoms with Gasteiger partial charge in [0.2, 0.25) is 0 Å². The Morgan fingerprint density at radius 3 is 2.50 bits per heavy atom. The predicted molar refractivity (Wildman–Crippen MR) is 84.9 cm³/mol. The summed E-state index contributed by atoms with van der Waals surface area (Å²) in [4.78, 5) is 11.7. The van der Waals surface area contributed by atoms with E-state index in [0.29, 0.717) is 24.7 Å². The van der Waals surface area contributed by atoms with Crippen LogP contribution in [0, 0.1) is 11.8 Å². The molecule has 0 spiro atoms. The van der Waals surface area contributed by atoms with Crippen molar-refractivity contribution in [3.8, 4) is 0 Å². The van der Waals surface area contributed by atoms with Crippen LogP contribution >= 0.6 is 0 Å². The van der Waals surface area contributed by atoms with E-state index in [1.807, 2.05) is 0 Å². The molecular formula is C18H34O2. The molecule has 1 fully saturated rings. The van der Waals surface area contributed by atoms with Crippen LogP contribution < -0.4 is 0 Å². The van der Waals surface area contributed by atoms with E-state index in [0.717, 1.165) is 18.9 Å². The summed E-state index contributed by atoms with van der Waals surface area (Å²) in [5, 5.41) is 0. The molecule has 2 atom stereocenters. The number of hydrogen-bond donors (Lipinski definition) is 0. The number of ether oxygens (including phenoxy) is 1. The Kier molecular flexibility index (Phi) is 10.00. The summed E-state index contributed by atoms with van der Waals surface area (Å²) in [6.45, 7) is 5.70. The van der Waals surface area contributed by atoms with Gasteiger partial charge in [0, 0.05) is 6.42 Å². The van der Waals surface area contributed by atoms with E-state index in [4.69, 9.17) is 4.74 Å². The summed E-state index contributed by atoms with van der Waals surface area (Å²) >= 11 is 0. The molecule has 0 amide bonds. The number of hydrogen-bond acceptors (Lipinski definition) is 2. The highest BCUT2D eigenvalue weighted by atomic mass is 16.5. The average Bonchev–Trinajstić information content (AvgIpc) is 2.45. The van der Waals surface area contributed by atoms with Gasteiger partial charge in [0.05, 0.1) is 6.61 Å². The first kappa shape index (κ1) is 17.7. The van der Waals surface area contributed by atoms with E-state index in [-0.39, 0.29) is 0 Å². The third kappa shape index (κ3) is 8.04. The summed E-state index contributed by atoms with van der Waals surface area (Å²) in [6, 6.07) is 0. The molecule has 1 rings (SSSR count). The molecule has 0 N–H and O–H groups in total. The van der Waals surface area contributed by atoms with E-state index < -0.39 is 0 Å². The quantitative estimate of drug-likeness (QED) is 0.490. The van der Waals surface area contributed by atoms with Gasteiger partial charge in [-0.15, -0.1) is 0 Å². The van der Waals surface area contributed by atoms with Crippen molar-refractivity contribution in [1.82, 2.24) is 0 Å². The maximum atomic E-state index is 11.7. The number of carbonyl (C=O) groups is 1. The molecular weight excluding hydrogens is 248 g/mol. The fourth-order valence-electron chi connectivity index (χ4n) is 3.14. The summed E-state index contributed by atoms with van der Waals surface area (Å²) < 4.78 is 5.65. The second-order valence-corrected chi connectivity index (χ2v) is 6.59. The zero-order chi connectivity index (χ0) is 14.6. The highest BCUT2D eigenvalue weighted by Gasteiger charge is 2.21. The number of carbonyl (C=O) groups excluding carboxylic acids is 1. The van der Waals surface area contributed by atoms with E-state index in [2.05, 4.69) is 13.8 Å². The fourth-order valence-corrected chi connectivity index (χ4v) is 3.14. The molecule has 0 aliphatic heterocycles. The first-order valence-electron chi connectivity index (χ1n) is 8.83. The zero-order valence-electron chi connectivity index (χ0n) is 13.7. The van der Waals surface area contributed by atoms with Crippen LogP contribution in [0.1, 0.15) is 84.5 Å². The summed E-state index contributed by atoms with van der Waals surface area (Å²) in [5.41, 5.74) is 0. The zero-order valence-corrected chi connectivity index (χ0v) is 13.7. The van der Waals surface area contributed by atoms with Crippen molar-refractivity contribution in [2.45, 2.75) is 84.5 Å². The molecule has 1 saturated carbocycles. The third-order valence-electron chi connectivity index (χ3n) is 4.69. The highest BCUT2D eigenvalue weighted by molar-refractivity contribution is 5.79. The molecule has 0 heterocycles. The molecule has 118 valence electrons. The van der Waals surface area contributed by atoms with Crippen molar-refractivity contribution >= 4 is 5.78 Å². The number of ketones is 1. The lowest BCUT2D eigenvalue weighted by atomic mass is 9.81. The molecule has 0 aromatic heterocycles. The first-order valence-corrected chi connectivity index (χ1v) is 8.83. The first-order chi connectivity index (χ1) is 9.74. The molecule has 0 bridgehead atoms. The summed E-state index contributed by atoms with van der Waals surface area (Å²) in [6.07, 6.45) is 13.5. The van der Waals surface area contributed by atoms with Crippen LogP contribution in [0.2, 0.25) is 0 Å². The molecule has 2 unspecified atom stereocenters. The summed E-state index contributed by atoms with van der Waals surface area (Å²) in [7, 11) is 0. The third-order valence-corrected chi connectivity index (χ3v) is 4.69. The van der Waals surface area contributed by atoms with Gasteiger partial charge in [-0.05, 0) is 24.7 Å². The van der Waals surface area contributed by atoms with Crippen LogP contribution in [0.25, 0.3) is 0 Å². The van der Waals surface area contributed by atoms with Gasteiger partial charge in [-0.25, -0.2) is 0 Å². The minimum atomic E-state index is 0.295. The lowest BCUT2D eigenvalue weighted by molar-refractivity contribution is -0.124. The van der Waals surface area contributed by atoms with Crippen molar-refractivity contribution in [3.05, 3.63) is 0 Å². The van der Waals surface area contributed by atoms with Gasteiger partial charge >= 0.3 is 0 Å². The van der Waals surface area contributed by atoms with Crippen molar-refractivity contribution in [2.24, 2.45) is 11.8 Å².